The van der Waals surface area contributed by atoms with Crippen LogP contribution in [0, 0.1) is 0 Å². The maximum atomic E-state index is 4.58. The van der Waals surface area contributed by atoms with Gasteiger partial charge in [-0.15, -0.1) is 0 Å². The summed E-state index contributed by atoms with van der Waals surface area (Å²) in [5.41, 5.74) is 6.21. The molecule has 0 atom stereocenters. The first-order chi connectivity index (χ1) is 8.84. The SMILES string of the molecule is CC1=NC=C(c2ccccc2)C2=CC=CC=C1C2. The van der Waals surface area contributed by atoms with Gasteiger partial charge in [0, 0.05) is 17.5 Å². The first kappa shape index (κ1) is 11.0. The molecule has 0 saturated carbocycles. The van der Waals surface area contributed by atoms with Gasteiger partial charge in [0.15, 0.2) is 0 Å². The third-order valence-corrected chi connectivity index (χ3v) is 3.37. The molecule has 1 nitrogen and oxygen atoms in total. The summed E-state index contributed by atoms with van der Waals surface area (Å²) in [6, 6.07) is 10.5. The lowest BCUT2D eigenvalue weighted by atomic mass is 9.93. The molecule has 0 N–H and O–H groups in total. The molecule has 1 aliphatic heterocycles. The number of benzene rings is 1. The Labute approximate surface area is 108 Å². The van der Waals surface area contributed by atoms with Crippen LogP contribution in [0.2, 0.25) is 0 Å². The largest absolute Gasteiger partial charge is 0.261 e. The van der Waals surface area contributed by atoms with Crippen molar-refractivity contribution >= 4 is 11.3 Å². The summed E-state index contributed by atoms with van der Waals surface area (Å²) in [5.74, 6) is 0. The van der Waals surface area contributed by atoms with E-state index in [0.717, 1.165) is 12.1 Å². The number of aliphatic imine (C=N–C) groups is 1. The quantitative estimate of drug-likeness (QED) is 0.685. The number of rotatable bonds is 1. The van der Waals surface area contributed by atoms with Crippen molar-refractivity contribution in [1.82, 2.24) is 0 Å². The maximum Gasteiger partial charge on any atom is 0.0408 e. The molecule has 1 aromatic carbocycles. The molecular formula is C17H15N. The summed E-state index contributed by atoms with van der Waals surface area (Å²) in [6.45, 7) is 2.08. The lowest BCUT2D eigenvalue weighted by molar-refractivity contribution is 1.25. The van der Waals surface area contributed by atoms with Gasteiger partial charge in [-0.05, 0) is 30.1 Å². The highest BCUT2D eigenvalue weighted by Crippen LogP contribution is 2.32. The van der Waals surface area contributed by atoms with Gasteiger partial charge in [0.1, 0.15) is 0 Å². The summed E-state index contributed by atoms with van der Waals surface area (Å²) in [6.07, 6.45) is 11.5. The Balaban J connectivity index is 2.13. The van der Waals surface area contributed by atoms with Gasteiger partial charge in [0.25, 0.3) is 0 Å². The van der Waals surface area contributed by atoms with Gasteiger partial charge < -0.3 is 0 Å². The molecule has 0 amide bonds. The molecule has 3 rings (SSSR count). The molecule has 0 radical (unpaired) electrons. The second-order valence-electron chi connectivity index (χ2n) is 4.57. The summed E-state index contributed by atoms with van der Waals surface area (Å²) in [4.78, 5) is 4.58. The zero-order chi connectivity index (χ0) is 12.4. The van der Waals surface area contributed by atoms with E-state index in [9.17, 15) is 0 Å². The van der Waals surface area contributed by atoms with Crippen LogP contribution in [0.15, 0.2) is 77.0 Å². The van der Waals surface area contributed by atoms with Crippen molar-refractivity contribution in [3.63, 3.8) is 0 Å². The summed E-state index contributed by atoms with van der Waals surface area (Å²) in [5, 5.41) is 0. The second-order valence-corrected chi connectivity index (χ2v) is 4.57. The highest BCUT2D eigenvalue weighted by atomic mass is 14.7. The van der Waals surface area contributed by atoms with E-state index >= 15 is 0 Å². The van der Waals surface area contributed by atoms with E-state index in [-0.39, 0.29) is 0 Å². The summed E-state index contributed by atoms with van der Waals surface area (Å²) < 4.78 is 0. The fourth-order valence-electron chi connectivity index (χ4n) is 2.30. The zero-order valence-electron chi connectivity index (χ0n) is 10.4. The monoisotopic (exact) mass is 233 g/mol. The molecule has 1 aliphatic carbocycles. The van der Waals surface area contributed by atoms with Crippen molar-refractivity contribution in [2.24, 2.45) is 4.99 Å². The van der Waals surface area contributed by atoms with E-state index in [1.165, 1.54) is 22.3 Å². The van der Waals surface area contributed by atoms with E-state index in [0.29, 0.717) is 0 Å². The number of fused-ring (bicyclic) bond motifs is 2. The average Bonchev–Trinajstić information content (AvgIpc) is 2.74. The van der Waals surface area contributed by atoms with Crippen LogP contribution in [0.5, 0.6) is 0 Å². The van der Waals surface area contributed by atoms with E-state index in [4.69, 9.17) is 0 Å². The molecular weight excluding hydrogens is 218 g/mol. The van der Waals surface area contributed by atoms with E-state index in [1.807, 2.05) is 12.3 Å². The van der Waals surface area contributed by atoms with Crippen LogP contribution in [-0.4, -0.2) is 5.71 Å². The van der Waals surface area contributed by atoms with Crippen LogP contribution in [0.4, 0.5) is 0 Å². The highest BCUT2D eigenvalue weighted by molar-refractivity contribution is 6.02. The Morgan fingerprint density at radius 3 is 2.44 bits per heavy atom. The van der Waals surface area contributed by atoms with Crippen LogP contribution in [0.3, 0.4) is 0 Å². The van der Waals surface area contributed by atoms with Crippen molar-refractivity contribution in [2.75, 3.05) is 0 Å². The standard InChI is InChI=1S/C17H15N/c1-13-15-9-5-6-10-16(11-15)17(12-18-13)14-7-3-2-4-8-14/h2-10,12H,11H2,1H3. The van der Waals surface area contributed by atoms with Gasteiger partial charge >= 0.3 is 0 Å². The first-order valence-electron chi connectivity index (χ1n) is 6.22. The molecule has 0 spiro atoms. The Morgan fingerprint density at radius 1 is 0.944 bits per heavy atom. The Hall–Kier alpha value is -2.15. The molecule has 88 valence electrons. The summed E-state index contributed by atoms with van der Waals surface area (Å²) >= 11 is 0. The first-order valence-corrected chi connectivity index (χ1v) is 6.22. The molecule has 2 bridgehead atoms. The molecule has 1 aromatic rings. The minimum atomic E-state index is 0.961. The van der Waals surface area contributed by atoms with Gasteiger partial charge in [-0.1, -0.05) is 54.6 Å². The Morgan fingerprint density at radius 2 is 1.67 bits per heavy atom. The molecule has 1 heterocycles. The van der Waals surface area contributed by atoms with Crippen LogP contribution in [-0.2, 0) is 0 Å². The van der Waals surface area contributed by atoms with E-state index in [2.05, 4.69) is 60.5 Å². The summed E-state index contributed by atoms with van der Waals surface area (Å²) in [7, 11) is 0. The normalized spacial score (nSPS) is 18.1. The zero-order valence-corrected chi connectivity index (χ0v) is 10.4. The average molecular weight is 233 g/mol. The number of hydrogen-bond donors (Lipinski definition) is 0. The van der Waals surface area contributed by atoms with Gasteiger partial charge in [0.05, 0.1) is 0 Å². The predicted octanol–water partition coefficient (Wildman–Crippen LogP) is 4.31. The van der Waals surface area contributed by atoms with E-state index < -0.39 is 0 Å². The topological polar surface area (TPSA) is 12.4 Å². The van der Waals surface area contributed by atoms with Crippen LogP contribution >= 0.6 is 0 Å². The second kappa shape index (κ2) is 4.61. The van der Waals surface area contributed by atoms with E-state index in [1.54, 1.807) is 0 Å². The van der Waals surface area contributed by atoms with Crippen molar-refractivity contribution in [3.8, 4) is 0 Å². The lowest BCUT2D eigenvalue weighted by Gasteiger charge is -2.10. The van der Waals surface area contributed by atoms with Crippen LogP contribution in [0.1, 0.15) is 18.9 Å². The van der Waals surface area contributed by atoms with Crippen LogP contribution < -0.4 is 0 Å². The smallest absolute Gasteiger partial charge is 0.0408 e. The van der Waals surface area contributed by atoms with Crippen molar-refractivity contribution in [1.29, 1.82) is 0 Å². The minimum absolute atomic E-state index is 0.961. The van der Waals surface area contributed by atoms with Gasteiger partial charge in [-0.25, -0.2) is 0 Å². The number of hydrogen-bond acceptors (Lipinski definition) is 1. The van der Waals surface area contributed by atoms with Gasteiger partial charge in [-0.3, -0.25) is 4.99 Å². The minimum Gasteiger partial charge on any atom is -0.261 e. The number of nitrogens with zero attached hydrogens (tertiary/aromatic N) is 1. The van der Waals surface area contributed by atoms with Gasteiger partial charge in [0.2, 0.25) is 0 Å². The molecule has 0 unspecified atom stereocenters. The predicted molar refractivity (Wildman–Crippen MR) is 77.5 cm³/mol. The van der Waals surface area contributed by atoms with Crippen molar-refractivity contribution in [2.45, 2.75) is 13.3 Å². The lowest BCUT2D eigenvalue weighted by Crippen LogP contribution is -1.96. The third kappa shape index (κ3) is 2.00. The number of allylic oxidation sites excluding steroid dienone is 7. The highest BCUT2D eigenvalue weighted by Gasteiger charge is 2.15. The molecule has 18 heavy (non-hydrogen) atoms. The molecule has 0 aromatic heterocycles. The molecule has 1 heteroatoms. The Kier molecular flexibility index (Phi) is 2.81. The van der Waals surface area contributed by atoms with Crippen molar-refractivity contribution in [3.05, 3.63) is 77.5 Å². The molecule has 2 aliphatic rings. The van der Waals surface area contributed by atoms with Crippen LogP contribution in [0.25, 0.3) is 5.57 Å². The fourth-order valence-corrected chi connectivity index (χ4v) is 2.30. The van der Waals surface area contributed by atoms with Gasteiger partial charge in [-0.2, -0.15) is 0 Å². The fraction of sp³-hybridized carbons (Fsp3) is 0.118. The third-order valence-electron chi connectivity index (χ3n) is 3.37. The van der Waals surface area contributed by atoms with Crippen molar-refractivity contribution < 1.29 is 0 Å². The maximum absolute atomic E-state index is 4.58. The molecule has 0 fully saturated rings. The Bertz CT molecular complexity index is 610. The molecule has 0 saturated heterocycles.